The Morgan fingerprint density at radius 1 is 1.33 bits per heavy atom. The van der Waals surface area contributed by atoms with Crippen molar-refractivity contribution in [1.82, 2.24) is 14.1 Å². The third-order valence-corrected chi connectivity index (χ3v) is 4.46. The molecule has 21 heavy (non-hydrogen) atoms. The Labute approximate surface area is 126 Å². The predicted octanol–water partition coefficient (Wildman–Crippen LogP) is 2.42. The number of fused-ring (bicyclic) bond motifs is 1. The van der Waals surface area contributed by atoms with Crippen LogP contribution in [0, 0.1) is 6.92 Å². The molecule has 0 aliphatic heterocycles. The first kappa shape index (κ1) is 14.2. The number of aryl methyl sites for hydroxylation is 1. The molecule has 1 aromatic carbocycles. The summed E-state index contributed by atoms with van der Waals surface area (Å²) in [5, 5.41) is 15.6. The van der Waals surface area contributed by atoms with E-state index in [0.717, 1.165) is 48.5 Å². The van der Waals surface area contributed by atoms with E-state index in [2.05, 4.69) is 19.4 Å². The lowest BCUT2D eigenvalue weighted by atomic mass is 9.93. The molecule has 2 atom stereocenters. The minimum Gasteiger partial charge on any atom is -0.391 e. The molecule has 2 aromatic rings. The number of benzene rings is 1. The van der Waals surface area contributed by atoms with Gasteiger partial charge in [0.25, 0.3) is 0 Å². The predicted molar refractivity (Wildman–Crippen MR) is 82.6 cm³/mol. The van der Waals surface area contributed by atoms with Crippen molar-refractivity contribution in [2.24, 2.45) is 0 Å². The standard InChI is InChI=1S/C14H18N4O2S/c1-8-6-7-10-13(18-21-17-10)12(8)16-14(20)15-9-4-2-3-5-11(9)19/h6-7,9,11,19H,2-5H2,1H3,(H2,15,16,20)/t9-,11-/m0/s1. The quantitative estimate of drug-likeness (QED) is 0.795. The van der Waals surface area contributed by atoms with Gasteiger partial charge in [-0.1, -0.05) is 18.9 Å². The van der Waals surface area contributed by atoms with Gasteiger partial charge >= 0.3 is 6.03 Å². The fraction of sp³-hybridized carbons (Fsp3) is 0.500. The van der Waals surface area contributed by atoms with Crippen molar-refractivity contribution in [3.63, 3.8) is 0 Å². The van der Waals surface area contributed by atoms with Crippen LogP contribution in [0.5, 0.6) is 0 Å². The van der Waals surface area contributed by atoms with E-state index in [1.54, 1.807) is 0 Å². The summed E-state index contributed by atoms with van der Waals surface area (Å²) < 4.78 is 8.41. The molecular formula is C14H18N4O2S. The summed E-state index contributed by atoms with van der Waals surface area (Å²) in [6.45, 7) is 1.92. The van der Waals surface area contributed by atoms with Gasteiger partial charge in [-0.25, -0.2) is 4.79 Å². The lowest BCUT2D eigenvalue weighted by Gasteiger charge is -2.28. The van der Waals surface area contributed by atoms with Crippen LogP contribution in [0.25, 0.3) is 11.0 Å². The number of rotatable bonds is 2. The third-order valence-electron chi connectivity index (χ3n) is 3.92. The van der Waals surface area contributed by atoms with Gasteiger partial charge in [0.05, 0.1) is 29.6 Å². The molecule has 3 N–H and O–H groups in total. The number of carbonyl (C=O) groups is 1. The highest BCUT2D eigenvalue weighted by Crippen LogP contribution is 2.25. The van der Waals surface area contributed by atoms with E-state index in [1.165, 1.54) is 0 Å². The number of anilines is 1. The van der Waals surface area contributed by atoms with Crippen LogP contribution in [0.4, 0.5) is 10.5 Å². The zero-order valence-electron chi connectivity index (χ0n) is 11.8. The summed E-state index contributed by atoms with van der Waals surface area (Å²) in [4.78, 5) is 12.2. The average Bonchev–Trinajstić information content (AvgIpc) is 2.93. The van der Waals surface area contributed by atoms with Gasteiger partial charge in [0.15, 0.2) is 0 Å². The van der Waals surface area contributed by atoms with E-state index in [4.69, 9.17) is 0 Å². The minimum atomic E-state index is -0.456. The second-order valence-corrected chi connectivity index (χ2v) is 5.97. The van der Waals surface area contributed by atoms with Crippen LogP contribution < -0.4 is 10.6 Å². The molecule has 1 fully saturated rings. The van der Waals surface area contributed by atoms with E-state index in [0.29, 0.717) is 11.2 Å². The number of carbonyl (C=O) groups excluding carboxylic acids is 1. The molecule has 112 valence electrons. The Bertz CT molecular complexity index is 657. The van der Waals surface area contributed by atoms with Gasteiger partial charge in [0.2, 0.25) is 0 Å². The number of hydrogen-bond acceptors (Lipinski definition) is 5. The Kier molecular flexibility index (Phi) is 4.03. The van der Waals surface area contributed by atoms with Gasteiger partial charge in [0, 0.05) is 0 Å². The summed E-state index contributed by atoms with van der Waals surface area (Å²) in [5.41, 5.74) is 3.11. The first-order valence-electron chi connectivity index (χ1n) is 7.12. The van der Waals surface area contributed by atoms with Crippen molar-refractivity contribution in [2.75, 3.05) is 5.32 Å². The zero-order valence-corrected chi connectivity index (χ0v) is 12.6. The monoisotopic (exact) mass is 306 g/mol. The van der Waals surface area contributed by atoms with Gasteiger partial charge in [-0.3, -0.25) is 0 Å². The van der Waals surface area contributed by atoms with Crippen LogP contribution >= 0.6 is 11.7 Å². The number of nitrogens with one attached hydrogen (secondary N) is 2. The summed E-state index contributed by atoms with van der Waals surface area (Å²) >= 11 is 1.13. The molecule has 0 spiro atoms. The Balaban J connectivity index is 1.74. The van der Waals surface area contributed by atoms with Crippen molar-refractivity contribution in [2.45, 2.75) is 44.8 Å². The van der Waals surface area contributed by atoms with E-state index in [1.807, 2.05) is 19.1 Å². The molecule has 0 saturated heterocycles. The fourth-order valence-electron chi connectivity index (χ4n) is 2.71. The minimum absolute atomic E-state index is 0.174. The molecule has 0 bridgehead atoms. The van der Waals surface area contributed by atoms with Crippen LogP contribution in [0.15, 0.2) is 12.1 Å². The van der Waals surface area contributed by atoms with E-state index < -0.39 is 6.10 Å². The average molecular weight is 306 g/mol. The molecule has 0 radical (unpaired) electrons. The normalized spacial score (nSPS) is 22.2. The van der Waals surface area contributed by atoms with Crippen molar-refractivity contribution < 1.29 is 9.90 Å². The smallest absolute Gasteiger partial charge is 0.319 e. The van der Waals surface area contributed by atoms with Gasteiger partial charge < -0.3 is 15.7 Å². The maximum atomic E-state index is 12.2. The van der Waals surface area contributed by atoms with Crippen molar-refractivity contribution in [3.05, 3.63) is 17.7 Å². The Morgan fingerprint density at radius 2 is 2.14 bits per heavy atom. The van der Waals surface area contributed by atoms with Gasteiger partial charge in [-0.15, -0.1) is 0 Å². The molecule has 7 heteroatoms. The summed E-state index contributed by atoms with van der Waals surface area (Å²) in [6, 6.07) is 3.33. The summed E-state index contributed by atoms with van der Waals surface area (Å²) in [6.07, 6.45) is 3.16. The molecule has 6 nitrogen and oxygen atoms in total. The highest BCUT2D eigenvalue weighted by atomic mass is 32.1. The Morgan fingerprint density at radius 3 is 2.95 bits per heavy atom. The molecule has 2 amide bonds. The summed E-state index contributed by atoms with van der Waals surface area (Å²) in [7, 11) is 0. The van der Waals surface area contributed by atoms with E-state index in [-0.39, 0.29) is 12.1 Å². The molecule has 1 heterocycles. The zero-order chi connectivity index (χ0) is 14.8. The fourth-order valence-corrected chi connectivity index (χ4v) is 3.25. The van der Waals surface area contributed by atoms with Crippen LogP contribution in [0.1, 0.15) is 31.2 Å². The first-order chi connectivity index (χ1) is 10.1. The second kappa shape index (κ2) is 5.95. The maximum absolute atomic E-state index is 12.2. The van der Waals surface area contributed by atoms with Crippen LogP contribution in [-0.2, 0) is 0 Å². The number of nitrogens with zero attached hydrogens (tertiary/aromatic N) is 2. The number of urea groups is 1. The maximum Gasteiger partial charge on any atom is 0.319 e. The van der Waals surface area contributed by atoms with Gasteiger partial charge in [-0.2, -0.15) is 8.75 Å². The molecule has 1 aliphatic carbocycles. The molecule has 1 aliphatic rings. The number of hydrogen-bond donors (Lipinski definition) is 3. The van der Waals surface area contributed by atoms with E-state index in [9.17, 15) is 9.90 Å². The van der Waals surface area contributed by atoms with E-state index >= 15 is 0 Å². The summed E-state index contributed by atoms with van der Waals surface area (Å²) in [5.74, 6) is 0. The first-order valence-corrected chi connectivity index (χ1v) is 7.85. The molecular weight excluding hydrogens is 288 g/mol. The molecule has 3 rings (SSSR count). The largest absolute Gasteiger partial charge is 0.391 e. The van der Waals surface area contributed by atoms with Crippen LogP contribution in [0.2, 0.25) is 0 Å². The number of amides is 2. The number of aliphatic hydroxyl groups excluding tert-OH is 1. The molecule has 1 aromatic heterocycles. The highest BCUT2D eigenvalue weighted by molar-refractivity contribution is 7.00. The lowest BCUT2D eigenvalue weighted by molar-refractivity contribution is 0.0955. The second-order valence-electron chi connectivity index (χ2n) is 5.45. The Hall–Kier alpha value is -1.73. The van der Waals surface area contributed by atoms with Crippen molar-refractivity contribution in [1.29, 1.82) is 0 Å². The molecule has 0 unspecified atom stereocenters. The van der Waals surface area contributed by atoms with Crippen LogP contribution in [0.3, 0.4) is 0 Å². The topological polar surface area (TPSA) is 87.1 Å². The third kappa shape index (κ3) is 2.98. The number of aliphatic hydroxyl groups is 1. The van der Waals surface area contributed by atoms with Crippen molar-refractivity contribution >= 4 is 34.5 Å². The lowest BCUT2D eigenvalue weighted by Crippen LogP contribution is -2.46. The highest BCUT2D eigenvalue weighted by Gasteiger charge is 2.24. The number of aromatic nitrogens is 2. The molecule has 1 saturated carbocycles. The van der Waals surface area contributed by atoms with Crippen LogP contribution in [-0.4, -0.2) is 32.0 Å². The van der Waals surface area contributed by atoms with Gasteiger partial charge in [-0.05, 0) is 31.4 Å². The van der Waals surface area contributed by atoms with Gasteiger partial charge in [0.1, 0.15) is 11.0 Å². The van der Waals surface area contributed by atoms with Crippen molar-refractivity contribution in [3.8, 4) is 0 Å². The SMILES string of the molecule is Cc1ccc2nsnc2c1NC(=O)N[C@H]1CCCC[C@@H]1O.